The number of nitrogens with one attached hydrogen (secondary N) is 2. The normalized spacial score (nSPS) is 24.5. The minimum atomic E-state index is 0.0941. The number of rotatable bonds is 4. The summed E-state index contributed by atoms with van der Waals surface area (Å²) in [4.78, 5) is 18.9. The van der Waals surface area contributed by atoms with E-state index in [1.54, 1.807) is 12.5 Å². The van der Waals surface area contributed by atoms with Gasteiger partial charge in [0.15, 0.2) is 0 Å². The molecule has 17 heavy (non-hydrogen) atoms. The molecule has 0 bridgehead atoms. The predicted octanol–water partition coefficient (Wildman–Crippen LogP) is 0.791. The highest BCUT2D eigenvalue weighted by Gasteiger charge is 2.29. The van der Waals surface area contributed by atoms with Crippen LogP contribution < -0.4 is 11.1 Å². The highest BCUT2D eigenvalue weighted by Crippen LogP contribution is 2.29. The topological polar surface area (TPSA) is 83.8 Å². The van der Waals surface area contributed by atoms with E-state index in [4.69, 9.17) is 5.73 Å². The summed E-state index contributed by atoms with van der Waals surface area (Å²) in [5, 5.41) is 2.95. The van der Waals surface area contributed by atoms with Crippen molar-refractivity contribution in [3.8, 4) is 0 Å². The number of amides is 1. The Morgan fingerprint density at radius 3 is 3.06 bits per heavy atom. The van der Waals surface area contributed by atoms with Gasteiger partial charge in [-0.2, -0.15) is 0 Å². The first-order valence-corrected chi connectivity index (χ1v) is 6.26. The van der Waals surface area contributed by atoms with Crippen LogP contribution in [0.15, 0.2) is 12.5 Å². The second-order valence-corrected chi connectivity index (χ2v) is 4.68. The van der Waals surface area contributed by atoms with Gasteiger partial charge >= 0.3 is 0 Å². The number of carbonyl (C=O) groups excluding carboxylic acids is 1. The van der Waals surface area contributed by atoms with Crippen LogP contribution in [0.4, 0.5) is 0 Å². The molecule has 0 aromatic carbocycles. The van der Waals surface area contributed by atoms with Crippen LogP contribution in [0, 0.1) is 11.8 Å². The molecule has 2 unspecified atom stereocenters. The SMILES string of the molecule is NCC1CCCCC1C(=O)NCc1cnc[nH]1. The van der Waals surface area contributed by atoms with Crippen molar-refractivity contribution in [3.05, 3.63) is 18.2 Å². The van der Waals surface area contributed by atoms with Crippen LogP contribution in [0.2, 0.25) is 0 Å². The molecule has 5 nitrogen and oxygen atoms in total. The molecule has 0 saturated heterocycles. The lowest BCUT2D eigenvalue weighted by Crippen LogP contribution is -2.39. The fourth-order valence-corrected chi connectivity index (χ4v) is 2.53. The summed E-state index contributed by atoms with van der Waals surface area (Å²) in [6, 6.07) is 0. The minimum absolute atomic E-state index is 0.0941. The third kappa shape index (κ3) is 3.06. The van der Waals surface area contributed by atoms with Gasteiger partial charge in [-0.25, -0.2) is 4.98 Å². The van der Waals surface area contributed by atoms with Gasteiger partial charge in [-0.05, 0) is 25.3 Å². The maximum atomic E-state index is 12.1. The molecule has 2 atom stereocenters. The number of H-pyrrole nitrogens is 1. The summed E-state index contributed by atoms with van der Waals surface area (Å²) in [5.74, 6) is 0.580. The minimum Gasteiger partial charge on any atom is -0.350 e. The second-order valence-electron chi connectivity index (χ2n) is 4.68. The summed E-state index contributed by atoms with van der Waals surface area (Å²) in [5.41, 5.74) is 6.66. The van der Waals surface area contributed by atoms with Crippen molar-refractivity contribution in [1.29, 1.82) is 0 Å². The van der Waals surface area contributed by atoms with Gasteiger partial charge in [-0.3, -0.25) is 4.79 Å². The average molecular weight is 236 g/mol. The van der Waals surface area contributed by atoms with Crippen molar-refractivity contribution in [2.45, 2.75) is 32.2 Å². The van der Waals surface area contributed by atoms with Crippen molar-refractivity contribution >= 4 is 5.91 Å². The zero-order valence-electron chi connectivity index (χ0n) is 9.98. The summed E-state index contributed by atoms with van der Waals surface area (Å²) < 4.78 is 0. The van der Waals surface area contributed by atoms with Gasteiger partial charge < -0.3 is 16.0 Å². The Morgan fingerprint density at radius 1 is 1.53 bits per heavy atom. The molecule has 1 fully saturated rings. The zero-order chi connectivity index (χ0) is 12.1. The summed E-state index contributed by atoms with van der Waals surface area (Å²) in [7, 11) is 0. The van der Waals surface area contributed by atoms with Crippen LogP contribution in [0.3, 0.4) is 0 Å². The number of nitrogens with two attached hydrogens (primary N) is 1. The number of aromatic nitrogens is 2. The van der Waals surface area contributed by atoms with E-state index in [-0.39, 0.29) is 11.8 Å². The standard InChI is InChI=1S/C12H20N4O/c13-5-9-3-1-2-4-11(9)12(17)15-7-10-6-14-8-16-10/h6,8-9,11H,1-5,7,13H2,(H,14,16)(H,15,17). The van der Waals surface area contributed by atoms with Gasteiger partial charge in [0, 0.05) is 12.1 Å². The molecule has 2 rings (SSSR count). The van der Waals surface area contributed by atoms with Crippen molar-refractivity contribution in [3.63, 3.8) is 0 Å². The van der Waals surface area contributed by atoms with Crippen molar-refractivity contribution in [2.24, 2.45) is 17.6 Å². The summed E-state index contributed by atoms with van der Waals surface area (Å²) in [6.45, 7) is 1.13. The Kier molecular flexibility index (Phi) is 4.14. The number of aromatic amines is 1. The Hall–Kier alpha value is -1.36. The van der Waals surface area contributed by atoms with E-state index in [0.717, 1.165) is 25.0 Å². The molecular formula is C12H20N4O. The Morgan fingerprint density at radius 2 is 2.35 bits per heavy atom. The summed E-state index contributed by atoms with van der Waals surface area (Å²) in [6.07, 6.45) is 7.73. The van der Waals surface area contributed by atoms with Crippen LogP contribution in [0.25, 0.3) is 0 Å². The van der Waals surface area contributed by atoms with Gasteiger partial charge in [0.1, 0.15) is 0 Å². The lowest BCUT2D eigenvalue weighted by molar-refractivity contribution is -0.127. The van der Waals surface area contributed by atoms with Gasteiger partial charge in [0.2, 0.25) is 5.91 Å². The van der Waals surface area contributed by atoms with Crippen LogP contribution in [0.5, 0.6) is 0 Å². The molecule has 1 aliphatic carbocycles. The van der Waals surface area contributed by atoms with E-state index in [9.17, 15) is 4.79 Å². The first-order valence-electron chi connectivity index (χ1n) is 6.26. The second kappa shape index (κ2) is 5.82. The van der Waals surface area contributed by atoms with Crippen LogP contribution in [0.1, 0.15) is 31.4 Å². The van der Waals surface area contributed by atoms with Gasteiger partial charge in [-0.15, -0.1) is 0 Å². The fourth-order valence-electron chi connectivity index (χ4n) is 2.53. The van der Waals surface area contributed by atoms with Crippen LogP contribution in [-0.2, 0) is 11.3 Å². The van der Waals surface area contributed by atoms with Gasteiger partial charge in [-0.1, -0.05) is 12.8 Å². The van der Waals surface area contributed by atoms with E-state index >= 15 is 0 Å². The molecule has 94 valence electrons. The smallest absolute Gasteiger partial charge is 0.223 e. The highest BCUT2D eigenvalue weighted by molar-refractivity contribution is 5.79. The highest BCUT2D eigenvalue weighted by atomic mass is 16.1. The Bertz CT molecular complexity index is 349. The molecule has 1 aromatic heterocycles. The predicted molar refractivity (Wildman–Crippen MR) is 64.9 cm³/mol. The molecular weight excluding hydrogens is 216 g/mol. The molecule has 1 amide bonds. The molecule has 0 radical (unpaired) electrons. The zero-order valence-corrected chi connectivity index (χ0v) is 9.98. The molecule has 0 spiro atoms. The summed E-state index contributed by atoms with van der Waals surface area (Å²) >= 11 is 0. The number of nitrogens with zero attached hydrogens (tertiary/aromatic N) is 1. The number of imidazole rings is 1. The average Bonchev–Trinajstić information content (AvgIpc) is 2.89. The van der Waals surface area contributed by atoms with Crippen molar-refractivity contribution in [2.75, 3.05) is 6.54 Å². The van der Waals surface area contributed by atoms with Crippen molar-refractivity contribution < 1.29 is 4.79 Å². The molecule has 5 heteroatoms. The third-order valence-corrected chi connectivity index (χ3v) is 3.56. The molecule has 1 heterocycles. The van der Waals surface area contributed by atoms with Crippen LogP contribution >= 0.6 is 0 Å². The number of hydrogen-bond acceptors (Lipinski definition) is 3. The van der Waals surface area contributed by atoms with Crippen LogP contribution in [-0.4, -0.2) is 22.4 Å². The number of hydrogen-bond donors (Lipinski definition) is 3. The lowest BCUT2D eigenvalue weighted by atomic mass is 9.79. The quantitative estimate of drug-likeness (QED) is 0.722. The first kappa shape index (κ1) is 12.1. The van der Waals surface area contributed by atoms with E-state index in [2.05, 4.69) is 15.3 Å². The van der Waals surface area contributed by atoms with E-state index in [1.165, 1.54) is 6.42 Å². The van der Waals surface area contributed by atoms with Gasteiger partial charge in [0.05, 0.1) is 18.6 Å². The third-order valence-electron chi connectivity index (χ3n) is 3.56. The Labute approximate surface area is 101 Å². The monoisotopic (exact) mass is 236 g/mol. The molecule has 1 aromatic rings. The van der Waals surface area contributed by atoms with E-state index in [0.29, 0.717) is 19.0 Å². The maximum absolute atomic E-state index is 12.1. The Balaban J connectivity index is 1.85. The van der Waals surface area contributed by atoms with E-state index in [1.807, 2.05) is 0 Å². The van der Waals surface area contributed by atoms with Gasteiger partial charge in [0.25, 0.3) is 0 Å². The first-order chi connectivity index (χ1) is 8.31. The van der Waals surface area contributed by atoms with Crippen molar-refractivity contribution in [1.82, 2.24) is 15.3 Å². The molecule has 1 aliphatic rings. The fraction of sp³-hybridized carbons (Fsp3) is 0.667. The lowest BCUT2D eigenvalue weighted by Gasteiger charge is -2.29. The molecule has 1 saturated carbocycles. The largest absolute Gasteiger partial charge is 0.350 e. The maximum Gasteiger partial charge on any atom is 0.223 e. The molecule has 0 aliphatic heterocycles. The number of carbonyl (C=O) groups is 1. The van der Waals surface area contributed by atoms with E-state index < -0.39 is 0 Å². The molecule has 4 N–H and O–H groups in total.